The molecule has 0 radical (unpaired) electrons. The zero-order valence-corrected chi connectivity index (χ0v) is 18.6. The molecule has 4 aromatic rings. The lowest BCUT2D eigenvalue weighted by Crippen LogP contribution is -2.41. The van der Waals surface area contributed by atoms with E-state index >= 15 is 0 Å². The topological polar surface area (TPSA) is 67.4 Å². The summed E-state index contributed by atoms with van der Waals surface area (Å²) in [5, 5.41) is 5.23. The molecule has 0 aliphatic rings. The van der Waals surface area contributed by atoms with Crippen LogP contribution in [0.25, 0.3) is 0 Å². The van der Waals surface area contributed by atoms with E-state index in [2.05, 4.69) is 10.6 Å². The second-order valence-electron chi connectivity index (χ2n) is 7.68. The lowest BCUT2D eigenvalue weighted by Gasteiger charge is -2.21. The first-order chi connectivity index (χ1) is 17.0. The molecule has 0 atom stereocenters. The second-order valence-corrected chi connectivity index (χ2v) is 7.68. The number of carbonyl (C=O) groups excluding carboxylic acids is 2. The van der Waals surface area contributed by atoms with E-state index in [0.717, 1.165) is 5.56 Å². The number of amides is 2. The average Bonchev–Trinajstić information content (AvgIpc) is 2.88. The summed E-state index contributed by atoms with van der Waals surface area (Å²) in [6.07, 6.45) is -1.06. The molecule has 0 aliphatic carbocycles. The summed E-state index contributed by atoms with van der Waals surface area (Å²) in [7, 11) is 0. The summed E-state index contributed by atoms with van der Waals surface area (Å²) in [6.45, 7) is 0.373. The van der Waals surface area contributed by atoms with Gasteiger partial charge in [-0.2, -0.15) is 0 Å². The third-order valence-electron chi connectivity index (χ3n) is 5.25. The fraction of sp³-hybridized carbons (Fsp3) is 0.0714. The van der Waals surface area contributed by atoms with Crippen molar-refractivity contribution in [2.75, 3.05) is 0 Å². The van der Waals surface area contributed by atoms with Crippen molar-refractivity contribution in [3.05, 3.63) is 137 Å². The normalized spacial score (nSPS) is 10.6. The molecule has 0 fully saturated rings. The molecule has 2 N–H and O–H groups in total. The maximum absolute atomic E-state index is 14.1. The van der Waals surface area contributed by atoms with Crippen molar-refractivity contribution in [1.82, 2.24) is 10.6 Å². The van der Waals surface area contributed by atoms with E-state index in [1.807, 2.05) is 30.3 Å². The Labute approximate surface area is 201 Å². The molecule has 5 nitrogen and oxygen atoms in total. The highest BCUT2D eigenvalue weighted by molar-refractivity contribution is 5.97. The van der Waals surface area contributed by atoms with Crippen LogP contribution in [0, 0.1) is 11.6 Å². The molecule has 7 heteroatoms. The van der Waals surface area contributed by atoms with Crippen LogP contribution in [0.4, 0.5) is 8.78 Å². The Morgan fingerprint density at radius 3 is 1.66 bits per heavy atom. The molecule has 2 amide bonds. The zero-order chi connectivity index (χ0) is 24.6. The molecule has 0 aromatic heterocycles. The van der Waals surface area contributed by atoms with Gasteiger partial charge >= 0.3 is 0 Å². The molecular weight excluding hydrogens is 450 g/mol. The summed E-state index contributed by atoms with van der Waals surface area (Å²) in [5.41, 5.74) is 1.14. The molecule has 0 bridgehead atoms. The van der Waals surface area contributed by atoms with Gasteiger partial charge in [-0.25, -0.2) is 8.78 Å². The minimum atomic E-state index is -1.06. The van der Waals surface area contributed by atoms with E-state index in [1.165, 1.54) is 48.5 Å². The minimum Gasteiger partial charge on any atom is -0.489 e. The fourth-order valence-electron chi connectivity index (χ4n) is 3.41. The van der Waals surface area contributed by atoms with Crippen LogP contribution in [0.5, 0.6) is 5.75 Å². The average molecular weight is 472 g/mol. The lowest BCUT2D eigenvalue weighted by molar-refractivity contribution is 0.0879. The van der Waals surface area contributed by atoms with E-state index in [0.29, 0.717) is 17.9 Å². The SMILES string of the molecule is O=C(NC(NC(=O)c1ccccc1F)c1ccc(OCc2ccccc2)cc1)c1ccccc1F. The van der Waals surface area contributed by atoms with Gasteiger partial charge in [-0.05, 0) is 47.5 Å². The van der Waals surface area contributed by atoms with Crippen molar-refractivity contribution >= 4 is 11.8 Å². The Morgan fingerprint density at radius 2 is 1.14 bits per heavy atom. The summed E-state index contributed by atoms with van der Waals surface area (Å²) in [4.78, 5) is 25.5. The van der Waals surface area contributed by atoms with Gasteiger partial charge in [0.1, 0.15) is 30.2 Å². The number of carbonyl (C=O) groups is 2. The van der Waals surface area contributed by atoms with Gasteiger partial charge in [0.15, 0.2) is 0 Å². The Bertz CT molecular complexity index is 1250. The maximum atomic E-state index is 14.1. The van der Waals surface area contributed by atoms with Gasteiger partial charge in [0, 0.05) is 0 Å². The van der Waals surface area contributed by atoms with Crippen LogP contribution in [0.1, 0.15) is 38.0 Å². The van der Waals surface area contributed by atoms with Gasteiger partial charge in [-0.1, -0.05) is 66.7 Å². The van der Waals surface area contributed by atoms with E-state index in [4.69, 9.17) is 4.74 Å². The van der Waals surface area contributed by atoms with Crippen LogP contribution in [0.2, 0.25) is 0 Å². The lowest BCUT2D eigenvalue weighted by atomic mass is 10.1. The highest BCUT2D eigenvalue weighted by Gasteiger charge is 2.22. The first kappa shape index (κ1) is 23.6. The Kier molecular flexibility index (Phi) is 7.47. The number of hydrogen-bond acceptors (Lipinski definition) is 3. The molecule has 4 aromatic carbocycles. The Balaban J connectivity index is 1.54. The predicted octanol–water partition coefficient (Wildman–Crippen LogP) is 5.40. The second kappa shape index (κ2) is 11.1. The molecule has 176 valence electrons. The van der Waals surface area contributed by atoms with Crippen molar-refractivity contribution in [3.8, 4) is 5.75 Å². The molecule has 0 saturated carbocycles. The summed E-state index contributed by atoms with van der Waals surface area (Å²) in [5.74, 6) is -2.28. The van der Waals surface area contributed by atoms with Gasteiger partial charge in [0.2, 0.25) is 0 Å². The number of ether oxygens (including phenoxy) is 1. The fourth-order valence-corrected chi connectivity index (χ4v) is 3.41. The highest BCUT2D eigenvalue weighted by atomic mass is 19.1. The summed E-state index contributed by atoms with van der Waals surface area (Å²) in [6, 6.07) is 27.4. The molecular formula is C28H22F2N2O3. The first-order valence-electron chi connectivity index (χ1n) is 10.9. The molecule has 0 unspecified atom stereocenters. The van der Waals surface area contributed by atoms with Gasteiger partial charge in [0.25, 0.3) is 11.8 Å². The van der Waals surface area contributed by atoms with Gasteiger partial charge in [-0.3, -0.25) is 9.59 Å². The number of nitrogens with one attached hydrogen (secondary N) is 2. The molecule has 4 rings (SSSR count). The van der Waals surface area contributed by atoms with Crippen molar-refractivity contribution < 1.29 is 23.1 Å². The third kappa shape index (κ3) is 6.09. The van der Waals surface area contributed by atoms with Gasteiger partial charge in [0.05, 0.1) is 11.1 Å². The number of hydrogen-bond donors (Lipinski definition) is 2. The molecule has 35 heavy (non-hydrogen) atoms. The number of halogens is 2. The van der Waals surface area contributed by atoms with Crippen LogP contribution >= 0.6 is 0 Å². The Morgan fingerprint density at radius 1 is 0.657 bits per heavy atom. The third-order valence-corrected chi connectivity index (χ3v) is 5.25. The zero-order valence-electron chi connectivity index (χ0n) is 18.6. The van der Waals surface area contributed by atoms with E-state index in [1.54, 1.807) is 24.3 Å². The van der Waals surface area contributed by atoms with E-state index in [9.17, 15) is 18.4 Å². The number of rotatable bonds is 8. The standard InChI is InChI=1S/C28H22F2N2O3/c29-24-12-6-4-10-22(24)27(33)31-26(32-28(34)23-11-5-7-13-25(23)30)20-14-16-21(17-15-20)35-18-19-8-2-1-3-9-19/h1-17,26H,18H2,(H,31,33)(H,32,34). The largest absolute Gasteiger partial charge is 0.489 e. The van der Waals surface area contributed by atoms with Crippen molar-refractivity contribution in [3.63, 3.8) is 0 Å². The minimum absolute atomic E-state index is 0.180. The Hall–Kier alpha value is -4.52. The van der Waals surface area contributed by atoms with Gasteiger partial charge < -0.3 is 15.4 Å². The highest BCUT2D eigenvalue weighted by Crippen LogP contribution is 2.20. The van der Waals surface area contributed by atoms with E-state index < -0.39 is 29.6 Å². The monoisotopic (exact) mass is 472 g/mol. The van der Waals surface area contributed by atoms with Crippen LogP contribution in [-0.2, 0) is 6.61 Å². The summed E-state index contributed by atoms with van der Waals surface area (Å²) < 4.78 is 34.1. The summed E-state index contributed by atoms with van der Waals surface area (Å²) >= 11 is 0. The van der Waals surface area contributed by atoms with Crippen LogP contribution in [-0.4, -0.2) is 11.8 Å². The molecule has 0 spiro atoms. The number of benzene rings is 4. The van der Waals surface area contributed by atoms with E-state index in [-0.39, 0.29) is 11.1 Å². The molecule has 0 saturated heterocycles. The van der Waals surface area contributed by atoms with Gasteiger partial charge in [-0.15, -0.1) is 0 Å². The first-order valence-corrected chi connectivity index (χ1v) is 10.9. The smallest absolute Gasteiger partial charge is 0.256 e. The van der Waals surface area contributed by atoms with Crippen LogP contribution < -0.4 is 15.4 Å². The maximum Gasteiger partial charge on any atom is 0.256 e. The predicted molar refractivity (Wildman–Crippen MR) is 128 cm³/mol. The van der Waals surface area contributed by atoms with Crippen molar-refractivity contribution in [2.24, 2.45) is 0 Å². The van der Waals surface area contributed by atoms with Crippen molar-refractivity contribution in [2.45, 2.75) is 12.8 Å². The quantitative estimate of drug-likeness (QED) is 0.338. The van der Waals surface area contributed by atoms with Crippen molar-refractivity contribution in [1.29, 1.82) is 0 Å². The van der Waals surface area contributed by atoms with Crippen LogP contribution in [0.3, 0.4) is 0 Å². The molecule has 0 aliphatic heterocycles. The van der Waals surface area contributed by atoms with Crippen LogP contribution in [0.15, 0.2) is 103 Å². The molecule has 0 heterocycles.